The molecule has 6 heteroatoms. The highest BCUT2D eigenvalue weighted by atomic mass is 35.5. The molecule has 0 aromatic carbocycles. The predicted molar refractivity (Wildman–Crippen MR) is 60.6 cm³/mol. The van der Waals surface area contributed by atoms with E-state index >= 15 is 0 Å². The van der Waals surface area contributed by atoms with E-state index in [1.165, 1.54) is 12.1 Å². The quantitative estimate of drug-likeness (QED) is 0.793. The molecular weight excluding hydrogens is 232 g/mol. The van der Waals surface area contributed by atoms with Gasteiger partial charge in [-0.25, -0.2) is 0 Å². The Kier molecular flexibility index (Phi) is 8.88. The average Bonchev–Trinajstić information content (AvgIpc) is 2.59. The van der Waals surface area contributed by atoms with Crippen LogP contribution in [-0.4, -0.2) is 23.3 Å². The summed E-state index contributed by atoms with van der Waals surface area (Å²) < 4.78 is 0. The Bertz CT molecular complexity index is 197. The summed E-state index contributed by atoms with van der Waals surface area (Å²) in [6, 6.07) is 2.05. The van der Waals surface area contributed by atoms with Gasteiger partial charge in [-0.15, -0.1) is 37.2 Å². The number of hydrogen-bond acceptors (Lipinski definition) is 2. The molecule has 1 aliphatic rings. The van der Waals surface area contributed by atoms with Crippen LogP contribution >= 0.6 is 37.2 Å². The van der Waals surface area contributed by atoms with Crippen molar-refractivity contribution >= 4 is 37.2 Å². The van der Waals surface area contributed by atoms with Gasteiger partial charge in [-0.1, -0.05) is 0 Å². The minimum Gasteiger partial charge on any atom is -0.316 e. The van der Waals surface area contributed by atoms with Crippen molar-refractivity contribution in [2.24, 2.45) is 0 Å². The predicted octanol–water partition coefficient (Wildman–Crippen LogP) is 1.75. The second kappa shape index (κ2) is 7.44. The largest absolute Gasteiger partial charge is 0.316 e. The third-order valence-electron chi connectivity index (χ3n) is 2.02. The molecule has 0 amide bonds. The van der Waals surface area contributed by atoms with Crippen LogP contribution in [0.4, 0.5) is 0 Å². The lowest BCUT2D eigenvalue weighted by Gasteiger charge is -2.02. The van der Waals surface area contributed by atoms with E-state index in [1.54, 1.807) is 0 Å². The van der Waals surface area contributed by atoms with Crippen molar-refractivity contribution in [3.63, 3.8) is 0 Å². The van der Waals surface area contributed by atoms with Crippen LogP contribution in [0, 0.1) is 0 Å². The van der Waals surface area contributed by atoms with Crippen molar-refractivity contribution in [3.8, 4) is 0 Å². The van der Waals surface area contributed by atoms with E-state index in [0.29, 0.717) is 5.92 Å². The standard InChI is InChI=1S/C7H11N3.3ClH/c1-3-8-5-6(1)7-2-4-9-10-7;;;/h2,4,6,8H,1,3,5H2,(H,9,10);3*1H. The Morgan fingerprint density at radius 1 is 1.31 bits per heavy atom. The van der Waals surface area contributed by atoms with Crippen LogP contribution in [0.15, 0.2) is 12.3 Å². The van der Waals surface area contributed by atoms with E-state index in [1.807, 2.05) is 6.20 Å². The molecule has 78 valence electrons. The van der Waals surface area contributed by atoms with Gasteiger partial charge in [0.1, 0.15) is 0 Å². The first-order valence-corrected chi connectivity index (χ1v) is 3.67. The number of halogens is 3. The zero-order chi connectivity index (χ0) is 6.81. The van der Waals surface area contributed by atoms with Crippen molar-refractivity contribution in [3.05, 3.63) is 18.0 Å². The third-order valence-corrected chi connectivity index (χ3v) is 2.02. The SMILES string of the molecule is Cl.Cl.Cl.c1cc(C2CCNC2)[nH]n1. The van der Waals surface area contributed by atoms with Gasteiger partial charge in [-0.05, 0) is 19.0 Å². The summed E-state index contributed by atoms with van der Waals surface area (Å²) >= 11 is 0. The van der Waals surface area contributed by atoms with E-state index in [-0.39, 0.29) is 37.2 Å². The number of aromatic nitrogens is 2. The van der Waals surface area contributed by atoms with Crippen molar-refractivity contribution in [1.82, 2.24) is 15.5 Å². The van der Waals surface area contributed by atoms with E-state index in [4.69, 9.17) is 0 Å². The molecule has 1 saturated heterocycles. The summed E-state index contributed by atoms with van der Waals surface area (Å²) in [5, 5.41) is 10.2. The van der Waals surface area contributed by atoms with Crippen LogP contribution < -0.4 is 5.32 Å². The topological polar surface area (TPSA) is 40.7 Å². The van der Waals surface area contributed by atoms with Crippen LogP contribution in [0.25, 0.3) is 0 Å². The highest BCUT2D eigenvalue weighted by molar-refractivity contribution is 5.86. The molecule has 0 bridgehead atoms. The molecule has 0 radical (unpaired) electrons. The summed E-state index contributed by atoms with van der Waals surface area (Å²) in [6.45, 7) is 2.24. The number of hydrogen-bond donors (Lipinski definition) is 2. The van der Waals surface area contributed by atoms with E-state index < -0.39 is 0 Å². The molecule has 0 spiro atoms. The van der Waals surface area contributed by atoms with E-state index in [9.17, 15) is 0 Å². The second-order valence-electron chi connectivity index (χ2n) is 2.70. The normalized spacial score (nSPS) is 19.5. The zero-order valence-electron chi connectivity index (χ0n) is 7.03. The fraction of sp³-hybridized carbons (Fsp3) is 0.571. The van der Waals surface area contributed by atoms with Crippen molar-refractivity contribution in [1.29, 1.82) is 0 Å². The first-order valence-electron chi connectivity index (χ1n) is 3.67. The molecule has 2 rings (SSSR count). The lowest BCUT2D eigenvalue weighted by molar-refractivity contribution is 0.729. The minimum atomic E-state index is 0. The summed E-state index contributed by atoms with van der Waals surface area (Å²) in [7, 11) is 0. The monoisotopic (exact) mass is 245 g/mol. The Morgan fingerprint density at radius 2 is 2.08 bits per heavy atom. The Hall–Kier alpha value is 0.0400. The van der Waals surface area contributed by atoms with Gasteiger partial charge in [0.15, 0.2) is 0 Å². The molecule has 0 aliphatic carbocycles. The first kappa shape index (κ1) is 15.5. The molecule has 2 heterocycles. The maximum absolute atomic E-state index is 3.91. The van der Waals surface area contributed by atoms with Crippen molar-refractivity contribution < 1.29 is 0 Å². The molecule has 1 atom stereocenters. The first-order chi connectivity index (χ1) is 4.97. The van der Waals surface area contributed by atoms with Crippen molar-refractivity contribution in [2.45, 2.75) is 12.3 Å². The summed E-state index contributed by atoms with van der Waals surface area (Å²) in [5.74, 6) is 0.669. The van der Waals surface area contributed by atoms with Gasteiger partial charge in [0.25, 0.3) is 0 Å². The van der Waals surface area contributed by atoms with E-state index in [0.717, 1.165) is 13.1 Å². The molecule has 0 saturated carbocycles. The Balaban J connectivity index is 0. The average molecular weight is 247 g/mol. The fourth-order valence-corrected chi connectivity index (χ4v) is 1.41. The third kappa shape index (κ3) is 3.73. The van der Waals surface area contributed by atoms with Crippen LogP contribution in [0.5, 0.6) is 0 Å². The Labute approximate surface area is 96.3 Å². The lowest BCUT2D eigenvalue weighted by atomic mass is 10.1. The maximum atomic E-state index is 3.91. The van der Waals surface area contributed by atoms with Gasteiger partial charge in [-0.3, -0.25) is 5.10 Å². The van der Waals surface area contributed by atoms with E-state index in [2.05, 4.69) is 21.6 Å². The van der Waals surface area contributed by atoms with Gasteiger partial charge in [0.05, 0.1) is 0 Å². The fourth-order valence-electron chi connectivity index (χ4n) is 1.41. The van der Waals surface area contributed by atoms with Gasteiger partial charge >= 0.3 is 0 Å². The highest BCUT2D eigenvalue weighted by Crippen LogP contribution is 2.18. The Morgan fingerprint density at radius 3 is 2.54 bits per heavy atom. The number of nitrogens with zero attached hydrogens (tertiary/aromatic N) is 1. The second-order valence-corrected chi connectivity index (χ2v) is 2.70. The summed E-state index contributed by atoms with van der Waals surface area (Å²) in [6.07, 6.45) is 3.05. The van der Waals surface area contributed by atoms with Gasteiger partial charge in [-0.2, -0.15) is 5.10 Å². The number of nitrogens with one attached hydrogen (secondary N) is 2. The molecule has 1 unspecified atom stereocenters. The zero-order valence-corrected chi connectivity index (χ0v) is 9.47. The molecular formula is C7H14Cl3N3. The smallest absolute Gasteiger partial charge is 0.0490 e. The maximum Gasteiger partial charge on any atom is 0.0490 e. The molecule has 1 aromatic rings. The van der Waals surface area contributed by atoms with Gasteiger partial charge < -0.3 is 5.32 Å². The van der Waals surface area contributed by atoms with Gasteiger partial charge in [0, 0.05) is 24.4 Å². The van der Waals surface area contributed by atoms with Crippen LogP contribution in [0.1, 0.15) is 18.0 Å². The lowest BCUT2D eigenvalue weighted by Crippen LogP contribution is -2.08. The molecule has 13 heavy (non-hydrogen) atoms. The number of aromatic amines is 1. The number of H-pyrrole nitrogens is 1. The molecule has 1 fully saturated rings. The van der Waals surface area contributed by atoms with Crippen LogP contribution in [-0.2, 0) is 0 Å². The molecule has 3 nitrogen and oxygen atoms in total. The van der Waals surface area contributed by atoms with Gasteiger partial charge in [0.2, 0.25) is 0 Å². The van der Waals surface area contributed by atoms with Crippen LogP contribution in [0.3, 0.4) is 0 Å². The number of rotatable bonds is 1. The highest BCUT2D eigenvalue weighted by Gasteiger charge is 2.16. The minimum absolute atomic E-state index is 0. The molecule has 2 N–H and O–H groups in total. The summed E-state index contributed by atoms with van der Waals surface area (Å²) in [4.78, 5) is 0. The molecule has 1 aliphatic heterocycles. The summed E-state index contributed by atoms with van der Waals surface area (Å²) in [5.41, 5.74) is 1.27. The molecule has 1 aromatic heterocycles. The van der Waals surface area contributed by atoms with Crippen LogP contribution in [0.2, 0.25) is 0 Å². The van der Waals surface area contributed by atoms with Crippen molar-refractivity contribution in [2.75, 3.05) is 13.1 Å².